The second-order valence-electron chi connectivity index (χ2n) is 9.07. The van der Waals surface area contributed by atoms with Gasteiger partial charge in [0.15, 0.2) is 0 Å². The zero-order chi connectivity index (χ0) is 19.7. The molecule has 0 saturated carbocycles. The van der Waals surface area contributed by atoms with Crippen molar-refractivity contribution in [1.29, 1.82) is 0 Å². The molecule has 0 atom stereocenters. The van der Waals surface area contributed by atoms with E-state index in [9.17, 15) is 8.78 Å². The first-order valence-electron chi connectivity index (χ1n) is 8.87. The molecule has 8 heteroatoms. The van der Waals surface area contributed by atoms with Crippen LogP contribution in [0.2, 0.25) is 0 Å². The quantitative estimate of drug-likeness (QED) is 0.755. The smallest absolute Gasteiger partial charge is 0.399 e. The zero-order valence-electron chi connectivity index (χ0n) is 16.7. The molecule has 0 spiro atoms. The van der Waals surface area contributed by atoms with E-state index in [1.807, 2.05) is 55.4 Å². The summed E-state index contributed by atoms with van der Waals surface area (Å²) in [6, 6.07) is 2.22. The zero-order valence-corrected chi connectivity index (χ0v) is 16.7. The molecule has 0 radical (unpaired) electrons. The molecule has 1 aromatic rings. The van der Waals surface area contributed by atoms with Gasteiger partial charge in [-0.2, -0.15) is 0 Å². The minimum atomic E-state index is -0.971. The third-order valence-electron chi connectivity index (χ3n) is 6.13. The highest BCUT2D eigenvalue weighted by atomic mass is 19.1. The summed E-state index contributed by atoms with van der Waals surface area (Å²) in [5, 5.41) is 0. The van der Waals surface area contributed by atoms with Crippen LogP contribution in [-0.4, -0.2) is 36.6 Å². The Hall–Kier alpha value is -0.950. The normalized spacial score (nSPS) is 25.8. The summed E-state index contributed by atoms with van der Waals surface area (Å²) in [6.45, 7) is 14.9. The maximum absolute atomic E-state index is 14.8. The van der Waals surface area contributed by atoms with Crippen molar-refractivity contribution in [2.24, 2.45) is 0 Å². The van der Waals surface area contributed by atoms with E-state index in [4.69, 9.17) is 18.6 Å². The summed E-state index contributed by atoms with van der Waals surface area (Å²) in [4.78, 5) is 0. The highest BCUT2D eigenvalue weighted by molar-refractivity contribution is 6.64. The Balaban J connectivity index is 1.92. The van der Waals surface area contributed by atoms with Gasteiger partial charge in [-0.15, -0.1) is 0 Å². The molecule has 26 heavy (non-hydrogen) atoms. The SMILES string of the molecule is CC1(C)OB(c2cc(F)c(B3OC(C)(C)C(C)(C)O3)cc2F)OC1(C)C. The molecule has 0 aliphatic carbocycles. The molecule has 1 aromatic carbocycles. The summed E-state index contributed by atoms with van der Waals surface area (Å²) in [6.07, 6.45) is 0. The average Bonchev–Trinajstić information content (AvgIpc) is 2.80. The van der Waals surface area contributed by atoms with Crippen LogP contribution in [0.15, 0.2) is 12.1 Å². The van der Waals surface area contributed by atoms with Crippen LogP contribution in [0.1, 0.15) is 55.4 Å². The second kappa shape index (κ2) is 5.77. The Morgan fingerprint density at radius 2 is 0.808 bits per heavy atom. The fourth-order valence-corrected chi connectivity index (χ4v) is 2.88. The lowest BCUT2D eigenvalue weighted by Crippen LogP contribution is -2.42. The number of hydrogen-bond donors (Lipinski definition) is 0. The van der Waals surface area contributed by atoms with Crippen molar-refractivity contribution in [2.45, 2.75) is 77.8 Å². The second-order valence-corrected chi connectivity index (χ2v) is 9.07. The van der Waals surface area contributed by atoms with Crippen molar-refractivity contribution in [1.82, 2.24) is 0 Å². The highest BCUT2D eigenvalue weighted by Gasteiger charge is 2.54. The fraction of sp³-hybridized carbons (Fsp3) is 0.667. The first-order valence-corrected chi connectivity index (χ1v) is 8.87. The number of benzene rings is 1. The van der Waals surface area contributed by atoms with E-state index in [0.717, 1.165) is 12.1 Å². The lowest BCUT2D eigenvalue weighted by Gasteiger charge is -2.32. The lowest BCUT2D eigenvalue weighted by atomic mass is 9.73. The third-order valence-corrected chi connectivity index (χ3v) is 6.13. The molecule has 0 amide bonds. The molecular formula is C18H26B2F2O4. The van der Waals surface area contributed by atoms with Gasteiger partial charge < -0.3 is 18.6 Å². The fourth-order valence-electron chi connectivity index (χ4n) is 2.88. The number of hydrogen-bond acceptors (Lipinski definition) is 4. The van der Waals surface area contributed by atoms with Crippen molar-refractivity contribution in [3.63, 3.8) is 0 Å². The Kier molecular flexibility index (Phi) is 4.40. The van der Waals surface area contributed by atoms with E-state index in [2.05, 4.69) is 0 Å². The monoisotopic (exact) mass is 366 g/mol. The maximum atomic E-state index is 14.8. The van der Waals surface area contributed by atoms with Crippen LogP contribution in [0.4, 0.5) is 8.78 Å². The predicted molar refractivity (Wildman–Crippen MR) is 97.8 cm³/mol. The van der Waals surface area contributed by atoms with Gasteiger partial charge in [0.05, 0.1) is 22.4 Å². The van der Waals surface area contributed by atoms with Gasteiger partial charge in [-0.05, 0) is 67.5 Å². The molecule has 2 fully saturated rings. The molecule has 0 unspecified atom stereocenters. The van der Waals surface area contributed by atoms with E-state index in [1.165, 1.54) is 0 Å². The Labute approximate surface area is 154 Å². The molecule has 0 bridgehead atoms. The molecule has 2 heterocycles. The standard InChI is InChI=1S/C18H26B2F2O4/c1-15(2)16(3,4)24-19(23-15)11-9-14(22)12(10-13(11)21)20-25-17(5,6)18(7,8)26-20/h9-10H,1-8H3. The summed E-state index contributed by atoms with van der Waals surface area (Å²) >= 11 is 0. The van der Waals surface area contributed by atoms with Crippen LogP contribution in [0.5, 0.6) is 0 Å². The van der Waals surface area contributed by atoms with Crippen LogP contribution in [-0.2, 0) is 18.6 Å². The van der Waals surface area contributed by atoms with Gasteiger partial charge in [-0.1, -0.05) is 0 Å². The van der Waals surface area contributed by atoms with Crippen LogP contribution < -0.4 is 10.9 Å². The molecule has 142 valence electrons. The summed E-state index contributed by atoms with van der Waals surface area (Å²) in [5.41, 5.74) is -2.48. The Morgan fingerprint density at radius 1 is 0.577 bits per heavy atom. The first-order chi connectivity index (χ1) is 11.7. The van der Waals surface area contributed by atoms with E-state index in [-0.39, 0.29) is 10.9 Å². The van der Waals surface area contributed by atoms with Gasteiger partial charge in [0.2, 0.25) is 0 Å². The molecule has 3 rings (SSSR count). The van der Waals surface area contributed by atoms with Gasteiger partial charge in [-0.3, -0.25) is 0 Å². The summed E-state index contributed by atoms with van der Waals surface area (Å²) in [5.74, 6) is -1.23. The van der Waals surface area contributed by atoms with Crippen LogP contribution in [0, 0.1) is 11.6 Å². The molecule has 2 saturated heterocycles. The topological polar surface area (TPSA) is 36.9 Å². The van der Waals surface area contributed by atoms with E-state index >= 15 is 0 Å². The lowest BCUT2D eigenvalue weighted by molar-refractivity contribution is 0.00578. The maximum Gasteiger partial charge on any atom is 0.497 e. The molecule has 0 N–H and O–H groups in total. The van der Waals surface area contributed by atoms with Crippen LogP contribution in [0.25, 0.3) is 0 Å². The van der Waals surface area contributed by atoms with Crippen molar-refractivity contribution < 1.29 is 27.4 Å². The largest absolute Gasteiger partial charge is 0.497 e. The molecule has 2 aliphatic heterocycles. The van der Waals surface area contributed by atoms with E-state index in [1.54, 1.807) is 0 Å². The molecule has 0 aromatic heterocycles. The summed E-state index contributed by atoms with van der Waals surface area (Å²) in [7, 11) is -1.94. The Bertz CT molecular complexity index is 640. The van der Waals surface area contributed by atoms with Crippen molar-refractivity contribution in [3.8, 4) is 0 Å². The molecule has 4 nitrogen and oxygen atoms in total. The first kappa shape index (κ1) is 19.8. The van der Waals surface area contributed by atoms with E-state index in [0.29, 0.717) is 0 Å². The van der Waals surface area contributed by atoms with E-state index < -0.39 is 48.3 Å². The van der Waals surface area contributed by atoms with Gasteiger partial charge >= 0.3 is 14.2 Å². The van der Waals surface area contributed by atoms with Crippen LogP contribution >= 0.6 is 0 Å². The minimum absolute atomic E-state index is 0.0291. The van der Waals surface area contributed by atoms with Crippen molar-refractivity contribution in [2.75, 3.05) is 0 Å². The van der Waals surface area contributed by atoms with Gasteiger partial charge in [0.1, 0.15) is 11.6 Å². The minimum Gasteiger partial charge on any atom is -0.399 e. The summed E-state index contributed by atoms with van der Waals surface area (Å²) < 4.78 is 52.9. The predicted octanol–water partition coefficient (Wildman–Crippen LogP) is 2.56. The van der Waals surface area contributed by atoms with Crippen molar-refractivity contribution in [3.05, 3.63) is 23.8 Å². The number of halogens is 2. The van der Waals surface area contributed by atoms with Gasteiger partial charge in [0.25, 0.3) is 0 Å². The van der Waals surface area contributed by atoms with Crippen LogP contribution in [0.3, 0.4) is 0 Å². The molecular weight excluding hydrogens is 340 g/mol. The third kappa shape index (κ3) is 3.01. The number of rotatable bonds is 2. The average molecular weight is 366 g/mol. The van der Waals surface area contributed by atoms with Gasteiger partial charge in [0, 0.05) is 10.9 Å². The Morgan fingerprint density at radius 3 is 1.04 bits per heavy atom. The highest BCUT2D eigenvalue weighted by Crippen LogP contribution is 2.38. The van der Waals surface area contributed by atoms with Gasteiger partial charge in [-0.25, -0.2) is 8.78 Å². The molecule has 2 aliphatic rings. The van der Waals surface area contributed by atoms with Crippen molar-refractivity contribution >= 4 is 25.2 Å².